The first-order valence-electron chi connectivity index (χ1n) is 18.4. The lowest BCUT2D eigenvalue weighted by Gasteiger charge is -2.28. The van der Waals surface area contributed by atoms with Gasteiger partial charge in [0.15, 0.2) is 0 Å². The summed E-state index contributed by atoms with van der Waals surface area (Å²) >= 11 is 0. The number of anilines is 1. The Morgan fingerprint density at radius 1 is 0.962 bits per heavy atom. The molecule has 1 aliphatic heterocycles. The highest BCUT2D eigenvalue weighted by Gasteiger charge is 2.29. The molecule has 3 heterocycles. The summed E-state index contributed by atoms with van der Waals surface area (Å²) in [6, 6.07) is 20.6. The van der Waals surface area contributed by atoms with E-state index in [0.717, 1.165) is 84.9 Å². The van der Waals surface area contributed by atoms with Gasteiger partial charge in [-0.05, 0) is 130 Å². The van der Waals surface area contributed by atoms with Gasteiger partial charge in [0, 0.05) is 42.0 Å². The number of rotatable bonds is 11. The maximum atomic E-state index is 13.9. The number of nitrogens with zero attached hydrogens (tertiary/aromatic N) is 3. The van der Waals surface area contributed by atoms with Crippen molar-refractivity contribution in [2.45, 2.75) is 64.0 Å². The quantitative estimate of drug-likeness (QED) is 0.117. The van der Waals surface area contributed by atoms with Crippen molar-refractivity contribution < 1.29 is 14.4 Å². The van der Waals surface area contributed by atoms with Gasteiger partial charge in [-0.1, -0.05) is 30.3 Å². The minimum atomic E-state index is -0.790. The Balaban J connectivity index is 1.05. The lowest BCUT2D eigenvalue weighted by molar-refractivity contribution is -0.130. The Morgan fingerprint density at radius 2 is 1.75 bits per heavy atom. The van der Waals surface area contributed by atoms with Gasteiger partial charge in [0.2, 0.25) is 17.8 Å². The average molecular weight is 702 g/mol. The van der Waals surface area contributed by atoms with E-state index in [1.165, 1.54) is 0 Å². The zero-order valence-corrected chi connectivity index (χ0v) is 29.5. The smallest absolute Gasteiger partial charge is 0.251 e. The van der Waals surface area contributed by atoms with E-state index in [0.29, 0.717) is 36.1 Å². The molecule has 0 bridgehead atoms. The number of aromatic amines is 1. The second kappa shape index (κ2) is 15.9. The van der Waals surface area contributed by atoms with Crippen LogP contribution in [0, 0.1) is 18.8 Å². The molecule has 52 heavy (non-hydrogen) atoms. The molecule has 5 aromatic rings. The predicted octanol–water partition coefficient (Wildman–Crippen LogP) is 4.64. The van der Waals surface area contributed by atoms with E-state index in [2.05, 4.69) is 36.3 Å². The fourth-order valence-electron chi connectivity index (χ4n) is 7.38. The summed E-state index contributed by atoms with van der Waals surface area (Å²) < 4.78 is 1.64. The first-order valence-corrected chi connectivity index (χ1v) is 18.4. The van der Waals surface area contributed by atoms with E-state index in [9.17, 15) is 14.4 Å². The number of amides is 3. The molecule has 270 valence electrons. The summed E-state index contributed by atoms with van der Waals surface area (Å²) in [6.07, 6.45) is 9.05. The number of nitrogens with one attached hydrogen (secondary N) is 5. The van der Waals surface area contributed by atoms with Crippen LogP contribution in [0.25, 0.3) is 28.1 Å². The van der Waals surface area contributed by atoms with Crippen LogP contribution in [0.1, 0.15) is 60.0 Å². The van der Waals surface area contributed by atoms with Crippen LogP contribution in [0.4, 0.5) is 5.69 Å². The first kappa shape index (κ1) is 35.1. The predicted molar refractivity (Wildman–Crippen MR) is 202 cm³/mol. The van der Waals surface area contributed by atoms with Crippen molar-refractivity contribution in [3.63, 3.8) is 0 Å². The number of aryl methyl sites for hydroxylation is 1. The topological polar surface area (TPSA) is 172 Å². The van der Waals surface area contributed by atoms with Gasteiger partial charge in [-0.25, -0.2) is 9.67 Å². The summed E-state index contributed by atoms with van der Waals surface area (Å²) in [5.41, 5.74) is 12.6. The van der Waals surface area contributed by atoms with E-state index in [1.807, 2.05) is 67.6 Å². The molecular formula is C40H47N9O3. The highest BCUT2D eigenvalue weighted by atomic mass is 16.2. The molecule has 3 aromatic carbocycles. The average Bonchev–Trinajstić information content (AvgIpc) is 3.86. The maximum Gasteiger partial charge on any atom is 0.251 e. The Morgan fingerprint density at radius 3 is 2.46 bits per heavy atom. The molecule has 1 atom stereocenters. The highest BCUT2D eigenvalue weighted by molar-refractivity contribution is 5.99. The van der Waals surface area contributed by atoms with Crippen molar-refractivity contribution in [1.29, 1.82) is 0 Å². The zero-order valence-electron chi connectivity index (χ0n) is 29.5. The van der Waals surface area contributed by atoms with Crippen molar-refractivity contribution in [2.24, 2.45) is 17.6 Å². The fraction of sp³-hybridized carbons (Fsp3) is 0.375. The third-order valence-corrected chi connectivity index (χ3v) is 10.5. The maximum absolute atomic E-state index is 13.9. The molecule has 7 N–H and O–H groups in total. The van der Waals surface area contributed by atoms with E-state index in [-0.39, 0.29) is 29.7 Å². The number of carbonyl (C=O) groups excluding carboxylic acids is 3. The number of carbonyl (C=O) groups is 3. The monoisotopic (exact) mass is 701 g/mol. The van der Waals surface area contributed by atoms with E-state index in [1.54, 1.807) is 23.1 Å². The zero-order chi connectivity index (χ0) is 36.0. The SMILES string of the molecule is Cc1cc(C(=O)NC2CCNCC2)ccc1-c1ccc(C[C@H](NC(=O)C2CCC(CN)CC2)C(=O)Nc2ccc3nc(-n4cccn4)[nH]c3c2)cc1. The highest BCUT2D eigenvalue weighted by Crippen LogP contribution is 2.29. The Kier molecular flexibility index (Phi) is 10.7. The molecule has 0 spiro atoms. The van der Waals surface area contributed by atoms with Crippen molar-refractivity contribution in [2.75, 3.05) is 25.0 Å². The number of nitrogens with two attached hydrogens (primary N) is 1. The van der Waals surface area contributed by atoms with E-state index in [4.69, 9.17) is 5.73 Å². The Hall–Kier alpha value is -5.33. The molecule has 1 saturated carbocycles. The molecule has 7 rings (SSSR count). The Labute approximate surface area is 303 Å². The fourth-order valence-corrected chi connectivity index (χ4v) is 7.38. The van der Waals surface area contributed by atoms with Gasteiger partial charge in [-0.15, -0.1) is 0 Å². The van der Waals surface area contributed by atoms with Crippen LogP contribution in [0.2, 0.25) is 0 Å². The van der Waals surface area contributed by atoms with Crippen LogP contribution in [-0.2, 0) is 16.0 Å². The molecule has 3 amide bonds. The number of hydrogen-bond acceptors (Lipinski definition) is 7. The van der Waals surface area contributed by atoms with Gasteiger partial charge >= 0.3 is 0 Å². The summed E-state index contributed by atoms with van der Waals surface area (Å²) in [7, 11) is 0. The van der Waals surface area contributed by atoms with Crippen LogP contribution in [0.15, 0.2) is 79.1 Å². The largest absolute Gasteiger partial charge is 0.349 e. The second-order valence-electron chi connectivity index (χ2n) is 14.2. The molecular weight excluding hydrogens is 654 g/mol. The van der Waals surface area contributed by atoms with E-state index >= 15 is 0 Å². The molecule has 1 saturated heterocycles. The molecule has 0 unspecified atom stereocenters. The molecule has 0 radical (unpaired) electrons. The number of imidazole rings is 1. The third kappa shape index (κ3) is 8.24. The lowest BCUT2D eigenvalue weighted by Crippen LogP contribution is -2.48. The van der Waals surface area contributed by atoms with Crippen LogP contribution in [0.3, 0.4) is 0 Å². The van der Waals surface area contributed by atoms with Crippen LogP contribution in [0.5, 0.6) is 0 Å². The molecule has 12 heteroatoms. The van der Waals surface area contributed by atoms with Gasteiger partial charge in [0.25, 0.3) is 5.91 Å². The standard InChI is InChI=1S/C40H47N9O3/c1-25-21-30(38(51)44-31-15-18-42-19-16-31)11-13-33(25)28-7-3-26(4-8-28)22-36(46-37(50)29-9-5-27(24-41)6-10-29)39(52)45-32-12-14-34-35(23-32)48-40(47-34)49-20-2-17-43-49/h2-4,7-8,11-14,17,20-21,23,27,29,31,36,42H,5-6,9-10,15-16,18-19,22,24,41H2,1H3,(H,44,51)(H,45,52)(H,46,50)(H,47,48)/t27?,29?,36-/m0/s1. The van der Waals surface area contributed by atoms with Crippen LogP contribution < -0.4 is 27.0 Å². The Bertz CT molecular complexity index is 2010. The van der Waals surface area contributed by atoms with Gasteiger partial charge in [-0.2, -0.15) is 5.10 Å². The normalized spacial score (nSPS) is 18.5. The number of aromatic nitrogens is 4. The summed E-state index contributed by atoms with van der Waals surface area (Å²) in [5.74, 6) is 0.442. The molecule has 12 nitrogen and oxygen atoms in total. The van der Waals surface area contributed by atoms with Crippen LogP contribution >= 0.6 is 0 Å². The van der Waals surface area contributed by atoms with Crippen molar-refractivity contribution >= 4 is 34.4 Å². The summed E-state index contributed by atoms with van der Waals surface area (Å²) in [6.45, 7) is 4.49. The molecule has 2 aromatic heterocycles. The number of piperidine rings is 1. The molecule has 2 aliphatic rings. The number of benzene rings is 3. The second-order valence-corrected chi connectivity index (χ2v) is 14.2. The van der Waals surface area contributed by atoms with Crippen LogP contribution in [-0.4, -0.2) is 69.2 Å². The number of fused-ring (bicyclic) bond motifs is 1. The summed E-state index contributed by atoms with van der Waals surface area (Å²) in [5, 5.41) is 16.9. The van der Waals surface area contributed by atoms with Gasteiger partial charge < -0.3 is 32.0 Å². The lowest BCUT2D eigenvalue weighted by atomic mass is 9.81. The summed E-state index contributed by atoms with van der Waals surface area (Å²) in [4.78, 5) is 48.2. The third-order valence-electron chi connectivity index (χ3n) is 10.5. The minimum absolute atomic E-state index is 0.0424. The van der Waals surface area contributed by atoms with E-state index < -0.39 is 6.04 Å². The molecule has 1 aliphatic carbocycles. The van der Waals surface area contributed by atoms with Crippen molar-refractivity contribution in [1.82, 2.24) is 35.7 Å². The van der Waals surface area contributed by atoms with Crippen molar-refractivity contribution in [3.8, 4) is 17.1 Å². The first-order chi connectivity index (χ1) is 25.3. The number of hydrogen-bond donors (Lipinski definition) is 6. The van der Waals surface area contributed by atoms with Crippen molar-refractivity contribution in [3.05, 3.63) is 95.8 Å². The van der Waals surface area contributed by atoms with Gasteiger partial charge in [0.1, 0.15) is 6.04 Å². The minimum Gasteiger partial charge on any atom is -0.349 e. The molecule has 2 fully saturated rings. The van der Waals surface area contributed by atoms with Gasteiger partial charge in [-0.3, -0.25) is 14.4 Å². The number of H-pyrrole nitrogens is 1. The van der Waals surface area contributed by atoms with Gasteiger partial charge in [0.05, 0.1) is 11.0 Å².